The number of aryl methyl sites for hydroxylation is 1. The Bertz CT molecular complexity index is 391. The van der Waals surface area contributed by atoms with Crippen molar-refractivity contribution in [2.45, 2.75) is 33.6 Å². The molecule has 0 radical (unpaired) electrons. The molecule has 1 aromatic rings. The van der Waals surface area contributed by atoms with E-state index >= 15 is 0 Å². The number of carboxylic acid groups (broad SMARTS) is 1. The molecule has 1 rings (SSSR count). The lowest BCUT2D eigenvalue weighted by molar-refractivity contribution is 0.0690. The van der Waals surface area contributed by atoms with Crippen molar-refractivity contribution in [1.82, 2.24) is 9.97 Å². The third kappa shape index (κ3) is 4.80. The summed E-state index contributed by atoms with van der Waals surface area (Å²) in [5.41, 5.74) is 0.688. The average molecular weight is 237 g/mol. The highest BCUT2D eigenvalue weighted by Gasteiger charge is 2.08. The molecule has 0 atom stereocenters. The highest BCUT2D eigenvalue weighted by Crippen LogP contribution is 2.07. The van der Waals surface area contributed by atoms with E-state index < -0.39 is 5.97 Å². The van der Waals surface area contributed by atoms with E-state index in [1.807, 2.05) is 0 Å². The maximum Gasteiger partial charge on any atom is 0.354 e. The van der Waals surface area contributed by atoms with Gasteiger partial charge in [-0.15, -0.1) is 0 Å². The number of nitrogens with zero attached hydrogens (tertiary/aromatic N) is 2. The summed E-state index contributed by atoms with van der Waals surface area (Å²) in [5.74, 6) is 0.0386. The third-order valence-corrected chi connectivity index (χ3v) is 2.31. The Balaban J connectivity index is 2.56. The van der Waals surface area contributed by atoms with Crippen molar-refractivity contribution in [1.29, 1.82) is 0 Å². The summed E-state index contributed by atoms with van der Waals surface area (Å²) in [4.78, 5) is 18.9. The molecule has 0 bridgehead atoms. The van der Waals surface area contributed by atoms with Gasteiger partial charge in [-0.3, -0.25) is 0 Å². The molecule has 0 aliphatic rings. The molecule has 0 saturated carbocycles. The highest BCUT2D eigenvalue weighted by molar-refractivity contribution is 5.85. The normalized spacial score (nSPS) is 10.6. The van der Waals surface area contributed by atoms with Crippen molar-refractivity contribution in [3.8, 4) is 0 Å². The number of carboxylic acids is 1. The van der Waals surface area contributed by atoms with E-state index in [1.54, 1.807) is 6.92 Å². The first-order valence-corrected chi connectivity index (χ1v) is 5.82. The topological polar surface area (TPSA) is 75.1 Å². The number of hydrogen-bond donors (Lipinski definition) is 2. The molecule has 0 unspecified atom stereocenters. The van der Waals surface area contributed by atoms with Crippen LogP contribution in [0.2, 0.25) is 0 Å². The quantitative estimate of drug-likeness (QED) is 0.743. The Hall–Kier alpha value is -1.65. The fraction of sp³-hybridized carbons (Fsp3) is 0.583. The fourth-order valence-electron chi connectivity index (χ4n) is 1.47. The molecule has 1 heterocycles. The van der Waals surface area contributed by atoms with Crippen LogP contribution in [0.15, 0.2) is 6.07 Å². The Morgan fingerprint density at radius 2 is 2.18 bits per heavy atom. The number of rotatable bonds is 6. The zero-order valence-electron chi connectivity index (χ0n) is 10.5. The second kappa shape index (κ2) is 6.18. The molecule has 1 aromatic heterocycles. The number of aromatic carboxylic acids is 1. The van der Waals surface area contributed by atoms with E-state index in [0.717, 1.165) is 19.4 Å². The van der Waals surface area contributed by atoms with E-state index in [9.17, 15) is 4.79 Å². The van der Waals surface area contributed by atoms with E-state index in [4.69, 9.17) is 5.11 Å². The Morgan fingerprint density at radius 3 is 2.76 bits per heavy atom. The lowest BCUT2D eigenvalue weighted by atomic mass is 10.1. The summed E-state index contributed by atoms with van der Waals surface area (Å²) < 4.78 is 0. The van der Waals surface area contributed by atoms with Gasteiger partial charge in [-0.25, -0.2) is 14.8 Å². The van der Waals surface area contributed by atoms with Crippen LogP contribution >= 0.6 is 0 Å². The van der Waals surface area contributed by atoms with Crippen LogP contribution in [0.5, 0.6) is 0 Å². The van der Waals surface area contributed by atoms with Crippen LogP contribution in [0.1, 0.15) is 42.9 Å². The maximum atomic E-state index is 10.8. The summed E-state index contributed by atoms with van der Waals surface area (Å²) in [5, 5.41) is 11.9. The lowest BCUT2D eigenvalue weighted by Gasteiger charge is -2.07. The van der Waals surface area contributed by atoms with Crippen LogP contribution < -0.4 is 5.32 Å². The minimum absolute atomic E-state index is 0.0314. The number of aromatic nitrogens is 2. The van der Waals surface area contributed by atoms with Crippen molar-refractivity contribution < 1.29 is 9.90 Å². The molecule has 94 valence electrons. The van der Waals surface area contributed by atoms with Crippen molar-refractivity contribution in [2.24, 2.45) is 5.92 Å². The van der Waals surface area contributed by atoms with E-state index in [1.165, 1.54) is 6.07 Å². The van der Waals surface area contributed by atoms with Crippen molar-refractivity contribution in [2.75, 3.05) is 11.9 Å². The minimum atomic E-state index is -1.03. The lowest BCUT2D eigenvalue weighted by Crippen LogP contribution is -2.10. The summed E-state index contributed by atoms with van der Waals surface area (Å²) >= 11 is 0. The first-order valence-electron chi connectivity index (χ1n) is 5.82. The van der Waals surface area contributed by atoms with Gasteiger partial charge in [0.05, 0.1) is 0 Å². The zero-order chi connectivity index (χ0) is 12.8. The van der Waals surface area contributed by atoms with Crippen LogP contribution in [0.3, 0.4) is 0 Å². The number of nitrogens with one attached hydrogen (secondary N) is 1. The Kier molecular flexibility index (Phi) is 4.87. The highest BCUT2D eigenvalue weighted by atomic mass is 16.4. The summed E-state index contributed by atoms with van der Waals surface area (Å²) in [6, 6.07) is 1.46. The maximum absolute atomic E-state index is 10.8. The van der Waals surface area contributed by atoms with Crippen molar-refractivity contribution in [3.63, 3.8) is 0 Å². The van der Waals surface area contributed by atoms with Gasteiger partial charge < -0.3 is 10.4 Å². The zero-order valence-corrected chi connectivity index (χ0v) is 10.5. The molecule has 5 nitrogen and oxygen atoms in total. The van der Waals surface area contributed by atoms with Gasteiger partial charge in [0.1, 0.15) is 0 Å². The first-order chi connectivity index (χ1) is 7.99. The van der Waals surface area contributed by atoms with Gasteiger partial charge >= 0.3 is 5.97 Å². The summed E-state index contributed by atoms with van der Waals surface area (Å²) in [6.45, 7) is 6.87. The molecule has 0 spiro atoms. The molecule has 2 N–H and O–H groups in total. The van der Waals surface area contributed by atoms with E-state index in [0.29, 0.717) is 17.6 Å². The van der Waals surface area contributed by atoms with E-state index in [2.05, 4.69) is 29.1 Å². The average Bonchev–Trinajstić information content (AvgIpc) is 2.23. The van der Waals surface area contributed by atoms with Gasteiger partial charge in [0, 0.05) is 12.2 Å². The fourth-order valence-corrected chi connectivity index (χ4v) is 1.47. The molecule has 0 saturated heterocycles. The van der Waals surface area contributed by atoms with Crippen LogP contribution in [-0.2, 0) is 0 Å². The Morgan fingerprint density at radius 1 is 1.47 bits per heavy atom. The molecule has 0 aliphatic carbocycles. The second-order valence-electron chi connectivity index (χ2n) is 4.49. The van der Waals surface area contributed by atoms with Crippen LogP contribution in [-0.4, -0.2) is 27.6 Å². The minimum Gasteiger partial charge on any atom is -0.477 e. The largest absolute Gasteiger partial charge is 0.477 e. The van der Waals surface area contributed by atoms with Crippen molar-refractivity contribution in [3.05, 3.63) is 17.5 Å². The molecule has 0 amide bonds. The van der Waals surface area contributed by atoms with Crippen LogP contribution in [0, 0.1) is 12.8 Å². The molecule has 0 aliphatic heterocycles. The predicted molar refractivity (Wildman–Crippen MR) is 66.3 cm³/mol. The summed E-state index contributed by atoms with van der Waals surface area (Å²) in [7, 11) is 0. The first kappa shape index (κ1) is 13.4. The van der Waals surface area contributed by atoms with Crippen molar-refractivity contribution >= 4 is 11.9 Å². The Labute approximate surface area is 101 Å². The SMILES string of the molecule is Cc1cc(C(=O)O)nc(NCCCC(C)C)n1. The molecule has 0 aromatic carbocycles. The molecular weight excluding hydrogens is 218 g/mol. The summed E-state index contributed by atoms with van der Waals surface area (Å²) in [6.07, 6.45) is 2.15. The second-order valence-corrected chi connectivity index (χ2v) is 4.49. The van der Waals surface area contributed by atoms with Gasteiger partial charge in [-0.2, -0.15) is 0 Å². The monoisotopic (exact) mass is 237 g/mol. The predicted octanol–water partition coefficient (Wildman–Crippen LogP) is 2.33. The van der Waals surface area contributed by atoms with Crippen LogP contribution in [0.25, 0.3) is 0 Å². The standard InChI is InChI=1S/C12H19N3O2/c1-8(2)5-4-6-13-12-14-9(3)7-10(15-12)11(16)17/h7-8H,4-6H2,1-3H3,(H,16,17)(H,13,14,15). The van der Waals surface area contributed by atoms with Gasteiger partial charge in [-0.05, 0) is 31.7 Å². The van der Waals surface area contributed by atoms with Gasteiger partial charge in [-0.1, -0.05) is 13.8 Å². The molecular formula is C12H19N3O2. The van der Waals surface area contributed by atoms with E-state index in [-0.39, 0.29) is 5.69 Å². The number of carbonyl (C=O) groups is 1. The number of hydrogen-bond acceptors (Lipinski definition) is 4. The number of anilines is 1. The molecule has 17 heavy (non-hydrogen) atoms. The van der Waals surface area contributed by atoms with Gasteiger partial charge in [0.25, 0.3) is 0 Å². The van der Waals surface area contributed by atoms with Gasteiger partial charge in [0.15, 0.2) is 5.69 Å². The van der Waals surface area contributed by atoms with Gasteiger partial charge in [0.2, 0.25) is 5.95 Å². The third-order valence-electron chi connectivity index (χ3n) is 2.31. The van der Waals surface area contributed by atoms with Crippen LogP contribution in [0.4, 0.5) is 5.95 Å². The molecule has 0 fully saturated rings. The molecule has 5 heteroatoms. The smallest absolute Gasteiger partial charge is 0.354 e.